The molecule has 108 valence electrons. The fourth-order valence-corrected chi connectivity index (χ4v) is 2.70. The van der Waals surface area contributed by atoms with E-state index in [9.17, 15) is 5.11 Å². The van der Waals surface area contributed by atoms with E-state index in [2.05, 4.69) is 16.2 Å². The number of rotatable bonds is 6. The third-order valence-electron chi connectivity index (χ3n) is 3.77. The number of aliphatic hydroxyl groups is 1. The molecule has 5 nitrogen and oxygen atoms in total. The van der Waals surface area contributed by atoms with Crippen molar-refractivity contribution in [2.75, 3.05) is 32.8 Å². The number of piperidine rings is 1. The van der Waals surface area contributed by atoms with Gasteiger partial charge in [-0.1, -0.05) is 0 Å². The Morgan fingerprint density at radius 2 is 2.21 bits per heavy atom. The Labute approximate surface area is 115 Å². The zero-order chi connectivity index (χ0) is 13.7. The summed E-state index contributed by atoms with van der Waals surface area (Å²) in [4.78, 5) is 2.33. The van der Waals surface area contributed by atoms with Gasteiger partial charge in [0.15, 0.2) is 0 Å². The molecule has 1 fully saturated rings. The van der Waals surface area contributed by atoms with Gasteiger partial charge in [0.2, 0.25) is 0 Å². The molecule has 1 aromatic heterocycles. The van der Waals surface area contributed by atoms with Crippen molar-refractivity contribution in [3.05, 3.63) is 18.0 Å². The maximum absolute atomic E-state index is 9.84. The molecule has 0 spiro atoms. The van der Waals surface area contributed by atoms with E-state index >= 15 is 0 Å². The number of hydrogen-bond acceptors (Lipinski definition) is 4. The van der Waals surface area contributed by atoms with Gasteiger partial charge in [0.25, 0.3) is 0 Å². The van der Waals surface area contributed by atoms with E-state index in [1.165, 1.54) is 5.56 Å². The summed E-state index contributed by atoms with van der Waals surface area (Å²) in [6, 6.07) is 0. The van der Waals surface area contributed by atoms with Gasteiger partial charge in [-0.3, -0.25) is 4.68 Å². The van der Waals surface area contributed by atoms with Gasteiger partial charge in [0.05, 0.1) is 18.9 Å². The molecule has 5 heteroatoms. The second-order valence-corrected chi connectivity index (χ2v) is 5.34. The summed E-state index contributed by atoms with van der Waals surface area (Å²) >= 11 is 0. The molecule has 1 aromatic rings. The maximum atomic E-state index is 9.84. The van der Waals surface area contributed by atoms with Gasteiger partial charge in [0.1, 0.15) is 0 Å². The molecule has 1 unspecified atom stereocenters. The molecule has 1 aliphatic heterocycles. The first-order valence-corrected chi connectivity index (χ1v) is 7.15. The summed E-state index contributed by atoms with van der Waals surface area (Å²) in [7, 11) is 1.96. The first-order chi connectivity index (χ1) is 9.19. The first-order valence-electron chi connectivity index (χ1n) is 7.15. The molecule has 2 heterocycles. The third kappa shape index (κ3) is 4.30. The van der Waals surface area contributed by atoms with Crippen molar-refractivity contribution < 1.29 is 9.84 Å². The van der Waals surface area contributed by atoms with E-state index in [0.29, 0.717) is 19.1 Å². The van der Waals surface area contributed by atoms with Gasteiger partial charge in [-0.15, -0.1) is 0 Å². The molecule has 19 heavy (non-hydrogen) atoms. The van der Waals surface area contributed by atoms with Crippen LogP contribution in [0.5, 0.6) is 0 Å². The third-order valence-corrected chi connectivity index (χ3v) is 3.77. The van der Waals surface area contributed by atoms with Crippen LogP contribution in [0.2, 0.25) is 0 Å². The lowest BCUT2D eigenvalue weighted by molar-refractivity contribution is 0.0167. The van der Waals surface area contributed by atoms with Gasteiger partial charge >= 0.3 is 0 Å². The normalized spacial score (nSPS) is 19.7. The molecule has 1 atom stereocenters. The highest BCUT2D eigenvalue weighted by Gasteiger charge is 2.22. The van der Waals surface area contributed by atoms with Gasteiger partial charge in [0, 0.05) is 26.4 Å². The molecular formula is C14H25N3O2. The first kappa shape index (κ1) is 14.5. The second-order valence-electron chi connectivity index (χ2n) is 5.34. The van der Waals surface area contributed by atoms with E-state index in [0.717, 1.165) is 32.5 Å². The van der Waals surface area contributed by atoms with Crippen LogP contribution in [0.25, 0.3) is 0 Å². The van der Waals surface area contributed by atoms with Crippen LogP contribution in [0.4, 0.5) is 0 Å². The van der Waals surface area contributed by atoms with E-state index in [4.69, 9.17) is 4.74 Å². The number of aliphatic hydroxyl groups excluding tert-OH is 1. The number of nitrogens with zero attached hydrogens (tertiary/aromatic N) is 3. The van der Waals surface area contributed by atoms with Crippen LogP contribution >= 0.6 is 0 Å². The van der Waals surface area contributed by atoms with Crippen LogP contribution in [0, 0.1) is 0 Å². The lowest BCUT2D eigenvalue weighted by atomic mass is 9.91. The minimum atomic E-state index is -0.366. The number of β-amino-alcohol motifs (C(OH)–C–C–N with tert-alkyl or cyclic N) is 1. The summed E-state index contributed by atoms with van der Waals surface area (Å²) < 4.78 is 7.11. The minimum absolute atomic E-state index is 0.366. The van der Waals surface area contributed by atoms with Crippen LogP contribution in [0.3, 0.4) is 0 Å². The molecule has 1 N–H and O–H groups in total. The fourth-order valence-electron chi connectivity index (χ4n) is 2.70. The molecule has 0 saturated carbocycles. The highest BCUT2D eigenvalue weighted by Crippen LogP contribution is 2.27. The largest absolute Gasteiger partial charge is 0.389 e. The summed E-state index contributed by atoms with van der Waals surface area (Å²) in [5.74, 6) is 0.619. The number of aryl methyl sites for hydroxylation is 1. The standard InChI is InChI=1S/C14H25N3O2/c1-3-19-11-14(18)10-17-6-4-12(5-7-17)13-8-15-16(2)9-13/h8-9,12,14,18H,3-7,10-11H2,1-2H3. The van der Waals surface area contributed by atoms with E-state index < -0.39 is 0 Å². The Hall–Kier alpha value is -0.910. The van der Waals surface area contributed by atoms with Crippen molar-refractivity contribution in [2.24, 2.45) is 7.05 Å². The molecule has 0 amide bonds. The minimum Gasteiger partial charge on any atom is -0.389 e. The summed E-state index contributed by atoms with van der Waals surface area (Å²) in [5.41, 5.74) is 1.34. The number of likely N-dealkylation sites (tertiary alicyclic amines) is 1. The molecule has 1 saturated heterocycles. The zero-order valence-electron chi connectivity index (χ0n) is 12.0. The quantitative estimate of drug-likeness (QED) is 0.835. The van der Waals surface area contributed by atoms with Crippen LogP contribution in [0.15, 0.2) is 12.4 Å². The van der Waals surface area contributed by atoms with E-state index in [1.54, 1.807) is 0 Å². The molecule has 0 aliphatic carbocycles. The van der Waals surface area contributed by atoms with Crippen molar-refractivity contribution in [2.45, 2.75) is 31.8 Å². The van der Waals surface area contributed by atoms with Crippen LogP contribution < -0.4 is 0 Å². The fraction of sp³-hybridized carbons (Fsp3) is 0.786. The predicted octanol–water partition coefficient (Wildman–Crippen LogP) is 0.997. The van der Waals surface area contributed by atoms with Crippen molar-refractivity contribution in [1.82, 2.24) is 14.7 Å². The smallest absolute Gasteiger partial charge is 0.0900 e. The summed E-state index contributed by atoms with van der Waals surface area (Å²) in [6.45, 7) is 5.87. The SMILES string of the molecule is CCOCC(O)CN1CCC(c2cnn(C)c2)CC1. The predicted molar refractivity (Wildman–Crippen MR) is 74.1 cm³/mol. The average Bonchev–Trinajstić information content (AvgIpc) is 2.84. The number of aromatic nitrogens is 2. The summed E-state index contributed by atoms with van der Waals surface area (Å²) in [5, 5.41) is 14.1. The zero-order valence-corrected chi connectivity index (χ0v) is 12.0. The number of ether oxygens (including phenoxy) is 1. The van der Waals surface area contributed by atoms with Crippen LogP contribution in [-0.4, -0.2) is 58.7 Å². The van der Waals surface area contributed by atoms with Gasteiger partial charge < -0.3 is 14.7 Å². The van der Waals surface area contributed by atoms with E-state index in [1.807, 2.05) is 24.9 Å². The molecular weight excluding hydrogens is 242 g/mol. The average molecular weight is 267 g/mol. The maximum Gasteiger partial charge on any atom is 0.0900 e. The van der Waals surface area contributed by atoms with Crippen molar-refractivity contribution in [1.29, 1.82) is 0 Å². The lowest BCUT2D eigenvalue weighted by Crippen LogP contribution is -2.39. The van der Waals surface area contributed by atoms with E-state index in [-0.39, 0.29) is 6.10 Å². The van der Waals surface area contributed by atoms with Gasteiger partial charge in [-0.05, 0) is 44.3 Å². The van der Waals surface area contributed by atoms with Crippen LogP contribution in [-0.2, 0) is 11.8 Å². The number of hydrogen-bond donors (Lipinski definition) is 1. The highest BCUT2D eigenvalue weighted by molar-refractivity contribution is 5.12. The summed E-state index contributed by atoms with van der Waals surface area (Å²) in [6.07, 6.45) is 6.02. The van der Waals surface area contributed by atoms with Crippen molar-refractivity contribution in [3.63, 3.8) is 0 Å². The topological polar surface area (TPSA) is 50.5 Å². The van der Waals surface area contributed by atoms with Crippen LogP contribution in [0.1, 0.15) is 31.2 Å². The molecule has 2 rings (SSSR count). The lowest BCUT2D eigenvalue weighted by Gasteiger charge is -2.32. The monoisotopic (exact) mass is 267 g/mol. The Morgan fingerprint density at radius 1 is 1.47 bits per heavy atom. The van der Waals surface area contributed by atoms with Gasteiger partial charge in [-0.25, -0.2) is 0 Å². The molecule has 0 radical (unpaired) electrons. The van der Waals surface area contributed by atoms with Crippen molar-refractivity contribution in [3.8, 4) is 0 Å². The molecule has 0 aromatic carbocycles. The van der Waals surface area contributed by atoms with Crippen molar-refractivity contribution >= 4 is 0 Å². The highest BCUT2D eigenvalue weighted by atomic mass is 16.5. The van der Waals surface area contributed by atoms with Gasteiger partial charge in [-0.2, -0.15) is 5.10 Å². The second kappa shape index (κ2) is 7.03. The molecule has 0 bridgehead atoms. The Morgan fingerprint density at radius 3 is 2.79 bits per heavy atom. The Balaban J connectivity index is 1.73. The Kier molecular flexibility index (Phi) is 5.36. The Bertz CT molecular complexity index is 373. The molecule has 1 aliphatic rings.